The van der Waals surface area contributed by atoms with E-state index in [0.29, 0.717) is 0 Å². The first-order valence-corrected chi connectivity index (χ1v) is 7.53. The quantitative estimate of drug-likeness (QED) is 0.294. The Morgan fingerprint density at radius 3 is 1.81 bits per heavy atom. The Labute approximate surface area is 149 Å². The van der Waals surface area contributed by atoms with Crippen molar-refractivity contribution in [2.75, 3.05) is 0 Å². The van der Waals surface area contributed by atoms with Gasteiger partial charge in [0, 0.05) is 11.1 Å². The van der Waals surface area contributed by atoms with Gasteiger partial charge in [-0.15, -0.1) is 0 Å². The van der Waals surface area contributed by atoms with Crippen molar-refractivity contribution in [1.82, 2.24) is 0 Å². The van der Waals surface area contributed by atoms with Gasteiger partial charge < -0.3 is 0 Å². The Bertz CT molecular complexity index is 730. The summed E-state index contributed by atoms with van der Waals surface area (Å²) in [6.07, 6.45) is 0. The first-order valence-electron chi connectivity index (χ1n) is 5.27. The van der Waals surface area contributed by atoms with E-state index >= 15 is 0 Å². The summed E-state index contributed by atoms with van der Waals surface area (Å²) < 4.78 is 13.3. The average Bonchev–Trinajstić information content (AvgIpc) is 2.44. The summed E-state index contributed by atoms with van der Waals surface area (Å²) in [5.41, 5.74) is 0.239. The molecule has 8 heteroatoms. The van der Waals surface area contributed by atoms with Gasteiger partial charge in [0.05, 0.1) is 25.1 Å². The van der Waals surface area contributed by atoms with E-state index in [1.807, 2.05) is 0 Å². The minimum atomic E-state index is -0.876. The predicted molar refractivity (Wildman–Crippen MR) is 87.1 cm³/mol. The van der Waals surface area contributed by atoms with Crippen molar-refractivity contribution in [3.63, 3.8) is 0 Å². The zero-order valence-corrected chi connectivity index (χ0v) is 14.3. The molecule has 0 aromatic heterocycles. The van der Waals surface area contributed by atoms with Crippen LogP contribution in [0.25, 0.3) is 11.1 Å². The second kappa shape index (κ2) is 6.49. The van der Waals surface area contributed by atoms with Crippen molar-refractivity contribution < 1.29 is 9.18 Å². The minimum Gasteiger partial charge on any atom is -0.276 e. The van der Waals surface area contributed by atoms with E-state index in [9.17, 15) is 9.18 Å². The Balaban J connectivity index is 2.89. The molecule has 0 aliphatic rings. The van der Waals surface area contributed by atoms with Crippen LogP contribution in [0.5, 0.6) is 0 Å². The second-order valence-electron chi connectivity index (χ2n) is 3.91. The van der Waals surface area contributed by atoms with Crippen molar-refractivity contribution in [2.45, 2.75) is 0 Å². The predicted octanol–water partition coefficient (Wildman–Crippen LogP) is 7.14. The van der Waals surface area contributed by atoms with Crippen LogP contribution in [0.2, 0.25) is 25.1 Å². The van der Waals surface area contributed by atoms with Crippen LogP contribution >= 0.6 is 69.6 Å². The molecule has 0 aliphatic heterocycles. The molecule has 0 saturated carbocycles. The average molecular weight is 407 g/mol. The van der Waals surface area contributed by atoms with Crippen molar-refractivity contribution in [3.8, 4) is 11.1 Å². The lowest BCUT2D eigenvalue weighted by atomic mass is 10.00. The smallest absolute Gasteiger partial charge is 0.253 e. The van der Waals surface area contributed by atoms with E-state index in [1.165, 1.54) is 6.07 Å². The fourth-order valence-electron chi connectivity index (χ4n) is 1.74. The Morgan fingerprint density at radius 2 is 1.33 bits per heavy atom. The highest BCUT2D eigenvalue weighted by atomic mass is 35.5. The van der Waals surface area contributed by atoms with Gasteiger partial charge in [-0.25, -0.2) is 4.39 Å². The van der Waals surface area contributed by atoms with E-state index < -0.39 is 11.1 Å². The lowest BCUT2D eigenvalue weighted by molar-refractivity contribution is 0.108. The molecule has 0 radical (unpaired) electrons. The molecule has 0 amide bonds. The first kappa shape index (κ1) is 17.1. The van der Waals surface area contributed by atoms with Gasteiger partial charge in [-0.3, -0.25) is 4.79 Å². The summed E-state index contributed by atoms with van der Waals surface area (Å²) in [4.78, 5) is 11.5. The van der Waals surface area contributed by atoms with Crippen LogP contribution in [0.15, 0.2) is 18.2 Å². The van der Waals surface area contributed by atoms with Gasteiger partial charge in [-0.05, 0) is 29.3 Å². The SMILES string of the molecule is O=C(Cl)c1cc(F)ccc1-c1c(Cl)c(Cl)c(Cl)c(Cl)c1Cl. The van der Waals surface area contributed by atoms with Gasteiger partial charge >= 0.3 is 0 Å². The number of carbonyl (C=O) groups excluding carboxylic acids is 1. The minimum absolute atomic E-state index is 0.0122. The molecule has 0 unspecified atom stereocenters. The molecule has 0 N–H and O–H groups in total. The zero-order chi connectivity index (χ0) is 15.9. The Morgan fingerprint density at radius 1 is 0.857 bits per heavy atom. The molecule has 0 spiro atoms. The van der Waals surface area contributed by atoms with Crippen molar-refractivity contribution in [3.05, 3.63) is 54.7 Å². The van der Waals surface area contributed by atoms with E-state index in [0.717, 1.165) is 12.1 Å². The van der Waals surface area contributed by atoms with Crippen LogP contribution < -0.4 is 0 Å². The van der Waals surface area contributed by atoms with Crippen molar-refractivity contribution in [2.24, 2.45) is 0 Å². The molecule has 0 heterocycles. The summed E-state index contributed by atoms with van der Waals surface area (Å²) in [6, 6.07) is 3.40. The molecule has 0 atom stereocenters. The van der Waals surface area contributed by atoms with Crippen molar-refractivity contribution in [1.29, 1.82) is 0 Å². The maximum atomic E-state index is 13.3. The molecular formula is C13H3Cl6FO. The highest BCUT2D eigenvalue weighted by Crippen LogP contribution is 2.49. The summed E-state index contributed by atoms with van der Waals surface area (Å²) in [5, 5.41) is -0.972. The topological polar surface area (TPSA) is 17.1 Å². The van der Waals surface area contributed by atoms with E-state index in [4.69, 9.17) is 69.6 Å². The monoisotopic (exact) mass is 404 g/mol. The molecule has 0 bridgehead atoms. The lowest BCUT2D eigenvalue weighted by Gasteiger charge is -2.14. The largest absolute Gasteiger partial charge is 0.276 e. The van der Waals surface area contributed by atoms with Gasteiger partial charge in [0.25, 0.3) is 5.24 Å². The Hall–Kier alpha value is -0.220. The highest BCUT2D eigenvalue weighted by molar-refractivity contribution is 6.68. The molecule has 1 nitrogen and oxygen atoms in total. The molecule has 2 aromatic rings. The molecule has 0 fully saturated rings. The van der Waals surface area contributed by atoms with Gasteiger partial charge in [-0.2, -0.15) is 0 Å². The third-order valence-electron chi connectivity index (χ3n) is 2.67. The maximum absolute atomic E-state index is 13.3. The second-order valence-corrected chi connectivity index (χ2v) is 6.14. The molecule has 2 rings (SSSR count). The first-order chi connectivity index (χ1) is 9.75. The fraction of sp³-hybridized carbons (Fsp3) is 0. The third kappa shape index (κ3) is 3.12. The molecular weight excluding hydrogens is 404 g/mol. The summed E-state index contributed by atoms with van der Waals surface area (Å²) in [7, 11) is 0. The maximum Gasteiger partial charge on any atom is 0.253 e. The van der Waals surface area contributed by atoms with Crippen LogP contribution in [0.4, 0.5) is 4.39 Å². The van der Waals surface area contributed by atoms with Gasteiger partial charge in [0.15, 0.2) is 0 Å². The molecule has 21 heavy (non-hydrogen) atoms. The van der Waals surface area contributed by atoms with Crippen LogP contribution in [0, 0.1) is 5.82 Å². The summed E-state index contributed by atoms with van der Waals surface area (Å²) >= 11 is 35.5. The molecule has 110 valence electrons. The molecule has 0 aliphatic carbocycles. The van der Waals surface area contributed by atoms with Crippen LogP contribution in [0.3, 0.4) is 0 Å². The van der Waals surface area contributed by atoms with Gasteiger partial charge in [-0.1, -0.05) is 64.1 Å². The number of carbonyl (C=O) groups is 1. The van der Waals surface area contributed by atoms with Crippen LogP contribution in [0.1, 0.15) is 10.4 Å². The number of rotatable bonds is 2. The zero-order valence-electron chi connectivity index (χ0n) is 9.79. The fourth-order valence-corrected chi connectivity index (χ4v) is 3.24. The van der Waals surface area contributed by atoms with Gasteiger partial charge in [0.2, 0.25) is 0 Å². The number of halogens is 7. The highest BCUT2D eigenvalue weighted by Gasteiger charge is 2.23. The summed E-state index contributed by atoms with van der Waals surface area (Å²) in [5.74, 6) is -0.638. The number of hydrogen-bond donors (Lipinski definition) is 0. The van der Waals surface area contributed by atoms with Gasteiger partial charge in [0.1, 0.15) is 5.82 Å². The van der Waals surface area contributed by atoms with Crippen molar-refractivity contribution >= 4 is 74.8 Å². The molecule has 2 aromatic carbocycles. The van der Waals surface area contributed by atoms with E-state index in [1.54, 1.807) is 0 Å². The third-order valence-corrected chi connectivity index (χ3v) is 5.15. The lowest BCUT2D eigenvalue weighted by Crippen LogP contribution is -1.97. The molecule has 0 saturated heterocycles. The normalized spacial score (nSPS) is 10.8. The van der Waals surface area contributed by atoms with E-state index in [-0.39, 0.29) is 41.8 Å². The number of hydrogen-bond acceptors (Lipinski definition) is 1. The Kier molecular flexibility index (Phi) is 5.30. The summed E-state index contributed by atoms with van der Waals surface area (Å²) in [6.45, 7) is 0. The van der Waals surface area contributed by atoms with E-state index in [2.05, 4.69) is 0 Å². The van der Waals surface area contributed by atoms with Crippen LogP contribution in [-0.4, -0.2) is 5.24 Å². The number of benzene rings is 2. The van der Waals surface area contributed by atoms with Crippen LogP contribution in [-0.2, 0) is 0 Å². The standard InChI is InChI=1S/C13H3Cl6FO/c14-8-7(9(15)11(17)12(18)10(8)16)5-2-1-4(20)3-6(5)13(19)21/h1-3H.